The van der Waals surface area contributed by atoms with Gasteiger partial charge in [-0.25, -0.2) is 0 Å². The fourth-order valence-corrected chi connectivity index (χ4v) is 3.99. The van der Waals surface area contributed by atoms with Crippen molar-refractivity contribution in [1.82, 2.24) is 0 Å². The lowest BCUT2D eigenvalue weighted by Gasteiger charge is -2.19. The molecule has 0 fully saturated rings. The van der Waals surface area contributed by atoms with Crippen molar-refractivity contribution in [3.05, 3.63) is 23.3 Å². The number of nitrogens with zero attached hydrogens (tertiary/aromatic N) is 1. The van der Waals surface area contributed by atoms with Crippen LogP contribution in [-0.2, 0) is 14.8 Å². The summed E-state index contributed by atoms with van der Waals surface area (Å²) in [5, 5.41) is 3.36. The molecule has 1 aromatic rings. The molecule has 0 unspecified atom stereocenters. The monoisotopic (exact) mass is 286 g/mol. The van der Waals surface area contributed by atoms with Gasteiger partial charge in [0, 0.05) is 7.11 Å². The second kappa shape index (κ2) is 4.91. The number of ether oxygens (including phenoxy) is 1. The van der Waals surface area contributed by atoms with Crippen LogP contribution in [0, 0.1) is 13.8 Å². The third-order valence-electron chi connectivity index (χ3n) is 2.44. The third-order valence-corrected chi connectivity index (χ3v) is 4.85. The molecule has 0 radical (unpaired) electrons. The molecule has 1 aromatic carbocycles. The molecule has 0 aromatic heterocycles. The van der Waals surface area contributed by atoms with Gasteiger partial charge in [0.25, 0.3) is 10.0 Å². The highest BCUT2D eigenvalue weighted by molar-refractivity contribution is 8.14. The molecule has 98 valence electrons. The summed E-state index contributed by atoms with van der Waals surface area (Å²) in [7, 11) is -2.07. The quantitative estimate of drug-likeness (QED) is 0.843. The maximum absolute atomic E-state index is 12.1. The predicted molar refractivity (Wildman–Crippen MR) is 73.6 cm³/mol. The molecule has 1 N–H and O–H groups in total. The fraction of sp³-hybridized carbons (Fsp3) is 0.364. The van der Waals surface area contributed by atoms with E-state index in [0.29, 0.717) is 22.4 Å². The molecule has 1 heterocycles. The van der Waals surface area contributed by atoms with Crippen molar-refractivity contribution in [2.45, 2.75) is 18.7 Å². The molecular weight excluding hydrogens is 272 g/mol. The second-order valence-electron chi connectivity index (χ2n) is 4.01. The number of methoxy groups -OCH3 is 1. The summed E-state index contributed by atoms with van der Waals surface area (Å²) in [5.41, 5.74) is 2.30. The molecule has 18 heavy (non-hydrogen) atoms. The van der Waals surface area contributed by atoms with Crippen LogP contribution >= 0.6 is 11.8 Å². The summed E-state index contributed by atoms with van der Waals surface area (Å²) in [6.45, 7) is 3.70. The van der Waals surface area contributed by atoms with Crippen LogP contribution in [0.15, 0.2) is 21.4 Å². The summed E-state index contributed by atoms with van der Waals surface area (Å²) < 4.78 is 32.8. The predicted octanol–water partition coefficient (Wildman–Crippen LogP) is 2.11. The van der Waals surface area contributed by atoms with E-state index in [4.69, 9.17) is 4.74 Å². The van der Waals surface area contributed by atoms with Gasteiger partial charge in [-0.2, -0.15) is 8.42 Å². The van der Waals surface area contributed by atoms with Crippen LogP contribution in [0.25, 0.3) is 0 Å². The molecule has 5 nitrogen and oxygen atoms in total. The van der Waals surface area contributed by atoms with Crippen molar-refractivity contribution in [1.29, 1.82) is 0 Å². The Labute approximate surface area is 111 Å². The topological polar surface area (TPSA) is 67.8 Å². The van der Waals surface area contributed by atoms with E-state index in [0.717, 1.165) is 5.56 Å². The van der Waals surface area contributed by atoms with Gasteiger partial charge in [-0.15, -0.1) is 4.40 Å². The zero-order chi connectivity index (χ0) is 13.3. The number of amidine groups is 1. The van der Waals surface area contributed by atoms with Crippen LogP contribution < -0.4 is 5.32 Å². The summed E-state index contributed by atoms with van der Waals surface area (Å²) in [6.07, 6.45) is 0. The van der Waals surface area contributed by atoms with Gasteiger partial charge in [-0.05, 0) is 31.0 Å². The lowest BCUT2D eigenvalue weighted by atomic mass is 10.1. The number of anilines is 1. The average Bonchev–Trinajstić information content (AvgIpc) is 2.23. The van der Waals surface area contributed by atoms with Crippen LogP contribution in [0.1, 0.15) is 11.1 Å². The SMILES string of the molecule is COCSC1=NS(=O)(=O)c2c(C)cc(C)cc2N1. The Hall–Kier alpha value is -1.05. The molecule has 0 aliphatic carbocycles. The Morgan fingerprint density at radius 1 is 1.39 bits per heavy atom. The molecule has 1 aliphatic rings. The van der Waals surface area contributed by atoms with Crippen molar-refractivity contribution in [3.8, 4) is 0 Å². The molecule has 0 atom stereocenters. The van der Waals surface area contributed by atoms with Gasteiger partial charge in [0.05, 0.1) is 11.6 Å². The number of thioether (sulfide) groups is 1. The number of nitrogens with one attached hydrogen (secondary N) is 1. The Kier molecular flexibility index (Phi) is 3.65. The molecule has 2 rings (SSSR count). The number of fused-ring (bicyclic) bond motifs is 1. The fourth-order valence-electron chi connectivity index (χ4n) is 1.86. The Bertz CT molecular complexity index is 609. The molecule has 0 amide bonds. The summed E-state index contributed by atoms with van der Waals surface area (Å²) >= 11 is 1.21. The molecule has 1 aliphatic heterocycles. The van der Waals surface area contributed by atoms with Crippen LogP contribution in [0.5, 0.6) is 0 Å². The summed E-state index contributed by atoms with van der Waals surface area (Å²) in [4.78, 5) is 0.259. The standard InChI is InChI=1S/C11H14N2O3S2/c1-7-4-8(2)10-9(5-7)12-11(17-6-16-3)13-18(10,14)15/h4-5H,6H2,1-3H3,(H,12,13). The Morgan fingerprint density at radius 2 is 2.11 bits per heavy atom. The van der Waals surface area contributed by atoms with E-state index in [9.17, 15) is 8.42 Å². The number of aryl methyl sites for hydroxylation is 2. The molecule has 0 saturated heterocycles. The van der Waals surface area contributed by atoms with Crippen molar-refractivity contribution < 1.29 is 13.2 Å². The van der Waals surface area contributed by atoms with Gasteiger partial charge < -0.3 is 10.1 Å². The normalized spacial score (nSPS) is 16.7. The number of sulfonamides is 1. The van der Waals surface area contributed by atoms with E-state index in [1.165, 1.54) is 11.8 Å². The Morgan fingerprint density at radius 3 is 2.78 bits per heavy atom. The maximum atomic E-state index is 12.1. The van der Waals surface area contributed by atoms with Crippen molar-refractivity contribution in [2.75, 3.05) is 18.4 Å². The lowest BCUT2D eigenvalue weighted by Crippen LogP contribution is -2.20. The van der Waals surface area contributed by atoms with Gasteiger partial charge in [-0.3, -0.25) is 0 Å². The van der Waals surface area contributed by atoms with Crippen LogP contribution in [-0.4, -0.2) is 26.6 Å². The van der Waals surface area contributed by atoms with Crippen molar-refractivity contribution in [3.63, 3.8) is 0 Å². The van der Waals surface area contributed by atoms with Gasteiger partial charge >= 0.3 is 0 Å². The lowest BCUT2D eigenvalue weighted by molar-refractivity contribution is 0.259. The molecule has 0 saturated carbocycles. The minimum absolute atomic E-state index is 0.259. The van der Waals surface area contributed by atoms with E-state index in [-0.39, 0.29) is 4.90 Å². The minimum Gasteiger partial charge on any atom is -0.374 e. The van der Waals surface area contributed by atoms with E-state index in [1.807, 2.05) is 19.1 Å². The van der Waals surface area contributed by atoms with Gasteiger partial charge in [0.15, 0.2) is 5.17 Å². The molecular formula is C11H14N2O3S2. The first kappa shape index (κ1) is 13.4. The molecule has 7 heteroatoms. The molecule has 0 bridgehead atoms. The van der Waals surface area contributed by atoms with Gasteiger partial charge in [0.1, 0.15) is 4.90 Å². The smallest absolute Gasteiger partial charge is 0.287 e. The van der Waals surface area contributed by atoms with Gasteiger partial charge in [-0.1, -0.05) is 17.8 Å². The zero-order valence-electron chi connectivity index (χ0n) is 10.4. The average molecular weight is 286 g/mol. The first-order valence-corrected chi connectivity index (χ1v) is 7.71. The number of benzene rings is 1. The van der Waals surface area contributed by atoms with E-state index >= 15 is 0 Å². The minimum atomic E-state index is -3.62. The first-order chi connectivity index (χ1) is 8.44. The van der Waals surface area contributed by atoms with Crippen molar-refractivity contribution in [2.24, 2.45) is 4.40 Å². The number of hydrogen-bond acceptors (Lipinski definition) is 5. The maximum Gasteiger partial charge on any atom is 0.287 e. The van der Waals surface area contributed by atoms with Crippen LogP contribution in [0.2, 0.25) is 0 Å². The van der Waals surface area contributed by atoms with Gasteiger partial charge in [0.2, 0.25) is 0 Å². The van der Waals surface area contributed by atoms with Crippen LogP contribution in [0.3, 0.4) is 0 Å². The second-order valence-corrected chi connectivity index (χ2v) is 6.46. The number of rotatable bonds is 2. The van der Waals surface area contributed by atoms with E-state index in [2.05, 4.69) is 9.71 Å². The number of hydrogen-bond donors (Lipinski definition) is 1. The summed E-state index contributed by atoms with van der Waals surface area (Å²) in [6, 6.07) is 3.64. The highest BCUT2D eigenvalue weighted by atomic mass is 32.2. The largest absolute Gasteiger partial charge is 0.374 e. The molecule has 0 spiro atoms. The highest BCUT2D eigenvalue weighted by Crippen LogP contribution is 2.33. The Balaban J connectivity index is 2.48. The zero-order valence-corrected chi connectivity index (χ0v) is 12.0. The van der Waals surface area contributed by atoms with Crippen molar-refractivity contribution >= 4 is 32.6 Å². The highest BCUT2D eigenvalue weighted by Gasteiger charge is 2.27. The van der Waals surface area contributed by atoms with E-state index < -0.39 is 10.0 Å². The van der Waals surface area contributed by atoms with E-state index in [1.54, 1.807) is 14.0 Å². The van der Waals surface area contributed by atoms with Crippen LogP contribution in [0.4, 0.5) is 5.69 Å². The first-order valence-electron chi connectivity index (χ1n) is 5.29. The third kappa shape index (κ3) is 2.52. The summed E-state index contributed by atoms with van der Waals surface area (Å²) in [5.74, 6) is 0.349.